The third-order valence-corrected chi connectivity index (χ3v) is 8.92. The van der Waals surface area contributed by atoms with Gasteiger partial charge in [0.1, 0.15) is 0 Å². The number of allylic oxidation sites excluding steroid dienone is 1. The van der Waals surface area contributed by atoms with E-state index in [1.807, 2.05) is 47.0 Å². The molecule has 0 fully saturated rings. The van der Waals surface area contributed by atoms with Gasteiger partial charge in [-0.1, -0.05) is 41.7 Å². The number of benzene rings is 3. The standard InChI is InChI=1S/C31H27BrN2O5S/c1-36-23-12-10-19(16-24(23)37-2)28-21-11-9-18-7-5-6-8-20(18)27(21)33-31-34(28)30(35)26(40-31)15-17-13-22(32)29(39-4)25(14-17)38-3/h5-8,10,12-16,28H,9,11H2,1-4H3/b26-15+/t28-/m0/s1. The van der Waals surface area contributed by atoms with E-state index in [9.17, 15) is 4.79 Å². The molecule has 1 atom stereocenters. The first-order chi connectivity index (χ1) is 19.5. The molecule has 0 N–H and O–H groups in total. The predicted molar refractivity (Wildman–Crippen MR) is 160 cm³/mol. The van der Waals surface area contributed by atoms with Crippen molar-refractivity contribution in [3.8, 4) is 23.0 Å². The van der Waals surface area contributed by atoms with E-state index in [1.54, 1.807) is 28.4 Å². The quantitative estimate of drug-likeness (QED) is 0.300. The van der Waals surface area contributed by atoms with E-state index in [0.29, 0.717) is 32.3 Å². The van der Waals surface area contributed by atoms with Crippen molar-refractivity contribution in [2.24, 2.45) is 4.99 Å². The highest BCUT2D eigenvalue weighted by Gasteiger charge is 2.33. The van der Waals surface area contributed by atoms with Gasteiger partial charge < -0.3 is 18.9 Å². The summed E-state index contributed by atoms with van der Waals surface area (Å²) < 4.78 is 25.2. The van der Waals surface area contributed by atoms with Crippen LogP contribution in [0.3, 0.4) is 0 Å². The highest BCUT2D eigenvalue weighted by Crippen LogP contribution is 2.43. The molecular formula is C31H27BrN2O5S. The van der Waals surface area contributed by atoms with Gasteiger partial charge in [-0.05, 0) is 81.4 Å². The number of aryl methyl sites for hydroxylation is 1. The molecule has 0 saturated heterocycles. The summed E-state index contributed by atoms with van der Waals surface area (Å²) in [4.78, 5) is 19.8. The second kappa shape index (κ2) is 10.6. The Labute approximate surface area is 243 Å². The van der Waals surface area contributed by atoms with Gasteiger partial charge in [-0.2, -0.15) is 0 Å². The van der Waals surface area contributed by atoms with Crippen molar-refractivity contribution in [1.82, 2.24) is 4.57 Å². The minimum Gasteiger partial charge on any atom is -0.493 e. The fraction of sp³-hybridized carbons (Fsp3) is 0.226. The van der Waals surface area contributed by atoms with Gasteiger partial charge in [0.05, 0.1) is 49.2 Å². The van der Waals surface area contributed by atoms with Crippen LogP contribution in [-0.2, 0) is 6.42 Å². The number of hydrogen-bond donors (Lipinski definition) is 0. The summed E-state index contributed by atoms with van der Waals surface area (Å²) >= 11 is 4.94. The number of rotatable bonds is 6. The van der Waals surface area contributed by atoms with E-state index in [-0.39, 0.29) is 11.6 Å². The van der Waals surface area contributed by atoms with Gasteiger partial charge in [0.25, 0.3) is 5.56 Å². The Balaban J connectivity index is 1.60. The molecule has 0 bridgehead atoms. The highest BCUT2D eigenvalue weighted by molar-refractivity contribution is 9.10. The summed E-state index contributed by atoms with van der Waals surface area (Å²) in [6.07, 6.45) is 3.57. The Bertz CT molecular complexity index is 1860. The molecule has 204 valence electrons. The van der Waals surface area contributed by atoms with Crippen LogP contribution in [0.2, 0.25) is 0 Å². The second-order valence-corrected chi connectivity index (χ2v) is 11.3. The van der Waals surface area contributed by atoms with Crippen LogP contribution in [0.25, 0.3) is 11.8 Å². The zero-order chi connectivity index (χ0) is 28.0. The van der Waals surface area contributed by atoms with Gasteiger partial charge in [0, 0.05) is 5.56 Å². The zero-order valence-corrected chi connectivity index (χ0v) is 24.9. The first-order valence-electron chi connectivity index (χ1n) is 12.7. The number of ether oxygens (including phenoxy) is 4. The molecule has 9 heteroatoms. The average Bonchev–Trinajstić information content (AvgIpc) is 3.29. The summed E-state index contributed by atoms with van der Waals surface area (Å²) in [5.41, 5.74) is 6.12. The van der Waals surface area contributed by atoms with Crippen LogP contribution in [0.5, 0.6) is 23.0 Å². The number of hydrogen-bond acceptors (Lipinski definition) is 7. The largest absolute Gasteiger partial charge is 0.493 e. The Kier molecular flexibility index (Phi) is 7.02. The normalized spacial score (nSPS) is 16.0. The summed E-state index contributed by atoms with van der Waals surface area (Å²) in [6, 6.07) is 17.7. The van der Waals surface area contributed by atoms with Crippen LogP contribution in [-0.4, -0.2) is 33.0 Å². The lowest BCUT2D eigenvalue weighted by molar-refractivity contribution is 0.353. The molecule has 0 unspecified atom stereocenters. The summed E-state index contributed by atoms with van der Waals surface area (Å²) in [7, 11) is 6.42. The van der Waals surface area contributed by atoms with Gasteiger partial charge in [0.15, 0.2) is 27.8 Å². The van der Waals surface area contributed by atoms with Gasteiger partial charge in [-0.15, -0.1) is 0 Å². The van der Waals surface area contributed by atoms with Gasteiger partial charge >= 0.3 is 0 Å². The molecule has 1 aromatic heterocycles. The van der Waals surface area contributed by atoms with Crippen molar-refractivity contribution in [3.05, 3.63) is 107 Å². The van der Waals surface area contributed by atoms with Gasteiger partial charge in [-0.25, -0.2) is 4.99 Å². The van der Waals surface area contributed by atoms with Crippen LogP contribution in [0.15, 0.2) is 74.4 Å². The minimum atomic E-state index is -0.321. The fourth-order valence-corrected chi connectivity index (χ4v) is 7.14. The molecule has 4 aromatic rings. The third-order valence-electron chi connectivity index (χ3n) is 7.35. The molecule has 0 saturated carbocycles. The Morgan fingerprint density at radius 2 is 1.70 bits per heavy atom. The van der Waals surface area contributed by atoms with Crippen LogP contribution in [0.4, 0.5) is 0 Å². The molecular weight excluding hydrogens is 592 g/mol. The van der Waals surface area contributed by atoms with Crippen molar-refractivity contribution in [2.75, 3.05) is 28.4 Å². The third kappa shape index (κ3) is 4.33. The van der Waals surface area contributed by atoms with Crippen LogP contribution >= 0.6 is 27.3 Å². The number of halogens is 1. The number of aromatic nitrogens is 1. The number of fused-ring (bicyclic) bond motifs is 3. The molecule has 3 aromatic carbocycles. The SMILES string of the molecule is COc1ccc([C@H]2C3=C(N=c4s/c(=C/c5cc(Br)c(OC)c(OC)c5)c(=O)n42)c2ccccc2CC3)cc1OC. The summed E-state index contributed by atoms with van der Waals surface area (Å²) in [6.45, 7) is 0. The van der Waals surface area contributed by atoms with E-state index in [1.165, 1.54) is 16.9 Å². The molecule has 0 radical (unpaired) electrons. The van der Waals surface area contributed by atoms with E-state index in [2.05, 4.69) is 34.1 Å². The summed E-state index contributed by atoms with van der Waals surface area (Å²) in [5, 5.41) is 0. The molecule has 0 amide bonds. The molecule has 6 rings (SSSR count). The first kappa shape index (κ1) is 26.4. The van der Waals surface area contributed by atoms with E-state index >= 15 is 0 Å². The summed E-state index contributed by atoms with van der Waals surface area (Å²) in [5.74, 6) is 2.43. The minimum absolute atomic E-state index is 0.0974. The molecule has 2 heterocycles. The zero-order valence-electron chi connectivity index (χ0n) is 22.5. The molecule has 1 aliphatic heterocycles. The van der Waals surface area contributed by atoms with Crippen molar-refractivity contribution in [1.29, 1.82) is 0 Å². The number of thiazole rings is 1. The molecule has 2 aliphatic rings. The Morgan fingerprint density at radius 3 is 2.45 bits per heavy atom. The van der Waals surface area contributed by atoms with E-state index in [0.717, 1.165) is 45.3 Å². The maximum atomic E-state index is 14.1. The van der Waals surface area contributed by atoms with Crippen LogP contribution in [0.1, 0.15) is 34.7 Å². The average molecular weight is 620 g/mol. The maximum absolute atomic E-state index is 14.1. The second-order valence-electron chi connectivity index (χ2n) is 9.47. The van der Waals surface area contributed by atoms with Crippen molar-refractivity contribution in [2.45, 2.75) is 18.9 Å². The monoisotopic (exact) mass is 618 g/mol. The molecule has 0 spiro atoms. The van der Waals surface area contributed by atoms with Gasteiger partial charge in [-0.3, -0.25) is 9.36 Å². The highest BCUT2D eigenvalue weighted by atomic mass is 79.9. The molecule has 1 aliphatic carbocycles. The van der Waals surface area contributed by atoms with E-state index < -0.39 is 0 Å². The number of methoxy groups -OCH3 is 4. The van der Waals surface area contributed by atoms with Crippen molar-refractivity contribution >= 4 is 39.0 Å². The predicted octanol–water partition coefficient (Wildman–Crippen LogP) is 5.12. The van der Waals surface area contributed by atoms with Gasteiger partial charge in [0.2, 0.25) is 0 Å². The number of nitrogens with zero attached hydrogens (tertiary/aromatic N) is 2. The van der Waals surface area contributed by atoms with Crippen molar-refractivity contribution < 1.29 is 18.9 Å². The lowest BCUT2D eigenvalue weighted by atomic mass is 9.83. The molecule has 40 heavy (non-hydrogen) atoms. The fourth-order valence-electron chi connectivity index (χ4n) is 5.52. The first-order valence-corrected chi connectivity index (χ1v) is 14.3. The van der Waals surface area contributed by atoms with Crippen molar-refractivity contribution in [3.63, 3.8) is 0 Å². The lowest BCUT2D eigenvalue weighted by Crippen LogP contribution is -2.38. The van der Waals surface area contributed by atoms with Crippen LogP contribution < -0.4 is 33.8 Å². The smallest absolute Gasteiger partial charge is 0.271 e. The topological polar surface area (TPSA) is 71.3 Å². The Hall–Kier alpha value is -3.82. The van der Waals surface area contributed by atoms with Crippen LogP contribution in [0, 0.1) is 0 Å². The maximum Gasteiger partial charge on any atom is 0.271 e. The Morgan fingerprint density at radius 1 is 0.925 bits per heavy atom. The molecule has 7 nitrogen and oxygen atoms in total. The lowest BCUT2D eigenvalue weighted by Gasteiger charge is -2.31. The van der Waals surface area contributed by atoms with E-state index in [4.69, 9.17) is 23.9 Å².